The highest BCUT2D eigenvalue weighted by molar-refractivity contribution is 5.59. The first-order valence-corrected chi connectivity index (χ1v) is 6.17. The quantitative estimate of drug-likeness (QED) is 0.880. The van der Waals surface area contributed by atoms with E-state index in [1.165, 1.54) is 12.8 Å². The smallest absolute Gasteiger partial charge is 0.0982 e. The highest BCUT2D eigenvalue weighted by atomic mass is 16.3. The molecule has 1 aliphatic heterocycles. The van der Waals surface area contributed by atoms with Gasteiger partial charge in [-0.15, -0.1) is 0 Å². The first kappa shape index (κ1) is 10.6. The van der Waals surface area contributed by atoms with Gasteiger partial charge >= 0.3 is 0 Å². The zero-order chi connectivity index (χ0) is 11.5. The standard InChI is InChI=1S/C13H17N3O/c1-2-11(6-14-4-1)8-16-9-13(7-15-16)12-3-5-17-10-12/h3,5,7,9-11,14H,1-2,4,6,8H2/t11-/m0/s1. The topological polar surface area (TPSA) is 43.0 Å². The molecule has 1 N–H and O–H groups in total. The maximum atomic E-state index is 5.08. The molecule has 0 radical (unpaired) electrons. The number of rotatable bonds is 3. The minimum Gasteiger partial charge on any atom is -0.472 e. The molecule has 0 amide bonds. The molecule has 1 atom stereocenters. The summed E-state index contributed by atoms with van der Waals surface area (Å²) in [4.78, 5) is 0. The molecule has 0 unspecified atom stereocenters. The van der Waals surface area contributed by atoms with Gasteiger partial charge < -0.3 is 9.73 Å². The maximum absolute atomic E-state index is 5.08. The zero-order valence-electron chi connectivity index (χ0n) is 9.80. The van der Waals surface area contributed by atoms with Crippen LogP contribution >= 0.6 is 0 Å². The molecule has 1 aliphatic rings. The van der Waals surface area contributed by atoms with Crippen LogP contribution in [0.5, 0.6) is 0 Å². The summed E-state index contributed by atoms with van der Waals surface area (Å²) in [5, 5.41) is 7.85. The molecule has 1 saturated heterocycles. The van der Waals surface area contributed by atoms with Crippen LogP contribution in [0.25, 0.3) is 11.1 Å². The fourth-order valence-electron chi connectivity index (χ4n) is 2.39. The predicted molar refractivity (Wildman–Crippen MR) is 65.5 cm³/mol. The highest BCUT2D eigenvalue weighted by Crippen LogP contribution is 2.19. The third-order valence-corrected chi connectivity index (χ3v) is 3.33. The summed E-state index contributed by atoms with van der Waals surface area (Å²) in [5.41, 5.74) is 2.22. The third-order valence-electron chi connectivity index (χ3n) is 3.33. The Bertz CT molecular complexity index is 455. The fraction of sp³-hybridized carbons (Fsp3) is 0.462. The molecule has 0 saturated carbocycles. The van der Waals surface area contributed by atoms with E-state index in [4.69, 9.17) is 4.42 Å². The van der Waals surface area contributed by atoms with Crippen LogP contribution in [-0.2, 0) is 6.54 Å². The van der Waals surface area contributed by atoms with E-state index in [0.717, 1.165) is 30.8 Å². The number of hydrogen-bond acceptors (Lipinski definition) is 3. The minimum atomic E-state index is 0.709. The van der Waals surface area contributed by atoms with Gasteiger partial charge in [0.05, 0.1) is 18.7 Å². The Kier molecular flexibility index (Phi) is 2.96. The number of piperidine rings is 1. The van der Waals surface area contributed by atoms with Crippen molar-refractivity contribution in [3.63, 3.8) is 0 Å². The third kappa shape index (κ3) is 2.42. The highest BCUT2D eigenvalue weighted by Gasteiger charge is 2.14. The van der Waals surface area contributed by atoms with Gasteiger partial charge in [0.15, 0.2) is 0 Å². The Balaban J connectivity index is 1.68. The lowest BCUT2D eigenvalue weighted by atomic mass is 10.00. The molecule has 0 aliphatic carbocycles. The molecule has 0 aromatic carbocycles. The fourth-order valence-corrected chi connectivity index (χ4v) is 2.39. The first-order valence-electron chi connectivity index (χ1n) is 6.17. The van der Waals surface area contributed by atoms with Gasteiger partial charge in [-0.3, -0.25) is 4.68 Å². The van der Waals surface area contributed by atoms with E-state index in [1.54, 1.807) is 12.5 Å². The Morgan fingerprint density at radius 3 is 3.24 bits per heavy atom. The van der Waals surface area contributed by atoms with Crippen molar-refractivity contribution in [2.45, 2.75) is 19.4 Å². The van der Waals surface area contributed by atoms with Gasteiger partial charge in [-0.2, -0.15) is 5.10 Å². The molecular weight excluding hydrogens is 214 g/mol. The van der Waals surface area contributed by atoms with E-state index in [1.807, 2.05) is 16.9 Å². The lowest BCUT2D eigenvalue weighted by molar-refractivity contribution is 0.325. The predicted octanol–water partition coefficient (Wildman–Crippen LogP) is 2.14. The second-order valence-electron chi connectivity index (χ2n) is 4.68. The minimum absolute atomic E-state index is 0.709. The van der Waals surface area contributed by atoms with E-state index in [2.05, 4.69) is 16.6 Å². The van der Waals surface area contributed by atoms with E-state index in [0.29, 0.717) is 5.92 Å². The normalized spacial score (nSPS) is 20.6. The summed E-state index contributed by atoms with van der Waals surface area (Å²) in [6, 6.07) is 1.96. The number of hydrogen-bond donors (Lipinski definition) is 1. The average molecular weight is 231 g/mol. The number of furan rings is 1. The lowest BCUT2D eigenvalue weighted by Gasteiger charge is -2.22. The molecular formula is C13H17N3O. The Labute approximate surface area is 101 Å². The molecule has 2 aromatic rings. The zero-order valence-corrected chi connectivity index (χ0v) is 9.80. The second kappa shape index (κ2) is 4.75. The van der Waals surface area contributed by atoms with Gasteiger partial charge in [-0.05, 0) is 37.9 Å². The number of aromatic nitrogens is 2. The Morgan fingerprint density at radius 1 is 1.47 bits per heavy atom. The average Bonchev–Trinajstić information content (AvgIpc) is 3.00. The van der Waals surface area contributed by atoms with Crippen LogP contribution < -0.4 is 5.32 Å². The van der Waals surface area contributed by atoms with Crippen LogP contribution in [0.1, 0.15) is 12.8 Å². The van der Waals surface area contributed by atoms with E-state index in [-0.39, 0.29) is 0 Å². The molecule has 2 aromatic heterocycles. The summed E-state index contributed by atoms with van der Waals surface area (Å²) < 4.78 is 7.12. The first-order chi connectivity index (χ1) is 8.42. The maximum Gasteiger partial charge on any atom is 0.0982 e. The molecule has 90 valence electrons. The molecule has 3 heterocycles. The SMILES string of the molecule is c1cc(-c2cnn(C[C@H]3CCCNC3)c2)co1. The van der Waals surface area contributed by atoms with Crippen molar-refractivity contribution in [1.82, 2.24) is 15.1 Å². The van der Waals surface area contributed by atoms with Crippen LogP contribution in [0, 0.1) is 5.92 Å². The molecule has 17 heavy (non-hydrogen) atoms. The van der Waals surface area contributed by atoms with Crippen molar-refractivity contribution in [3.05, 3.63) is 31.0 Å². The summed E-state index contributed by atoms with van der Waals surface area (Å²) in [6.45, 7) is 3.28. The van der Waals surface area contributed by atoms with Crippen molar-refractivity contribution in [2.75, 3.05) is 13.1 Å². The van der Waals surface area contributed by atoms with Gasteiger partial charge in [-0.25, -0.2) is 0 Å². The number of nitrogens with zero attached hydrogens (tertiary/aromatic N) is 2. The van der Waals surface area contributed by atoms with Crippen molar-refractivity contribution in [1.29, 1.82) is 0 Å². The van der Waals surface area contributed by atoms with E-state index >= 15 is 0 Å². The molecule has 4 nitrogen and oxygen atoms in total. The summed E-state index contributed by atoms with van der Waals surface area (Å²) >= 11 is 0. The largest absolute Gasteiger partial charge is 0.472 e. The lowest BCUT2D eigenvalue weighted by Crippen LogP contribution is -2.32. The Morgan fingerprint density at radius 2 is 2.47 bits per heavy atom. The monoisotopic (exact) mass is 231 g/mol. The van der Waals surface area contributed by atoms with Crippen LogP contribution in [0.15, 0.2) is 35.4 Å². The van der Waals surface area contributed by atoms with Crippen molar-refractivity contribution < 1.29 is 4.42 Å². The van der Waals surface area contributed by atoms with Crippen LogP contribution in [-0.4, -0.2) is 22.9 Å². The van der Waals surface area contributed by atoms with Gasteiger partial charge in [0.2, 0.25) is 0 Å². The molecule has 0 bridgehead atoms. The van der Waals surface area contributed by atoms with Crippen molar-refractivity contribution in [3.8, 4) is 11.1 Å². The van der Waals surface area contributed by atoms with Gasteiger partial charge in [0.25, 0.3) is 0 Å². The van der Waals surface area contributed by atoms with Gasteiger partial charge in [0.1, 0.15) is 0 Å². The van der Waals surface area contributed by atoms with Crippen molar-refractivity contribution in [2.24, 2.45) is 5.92 Å². The van der Waals surface area contributed by atoms with Gasteiger partial charge in [-0.1, -0.05) is 0 Å². The summed E-state index contributed by atoms with van der Waals surface area (Å²) in [5.74, 6) is 0.709. The summed E-state index contributed by atoms with van der Waals surface area (Å²) in [6.07, 6.45) is 10.0. The summed E-state index contributed by atoms with van der Waals surface area (Å²) in [7, 11) is 0. The molecule has 1 fully saturated rings. The number of nitrogens with one attached hydrogen (secondary N) is 1. The van der Waals surface area contributed by atoms with Gasteiger partial charge in [0, 0.05) is 23.9 Å². The molecule has 4 heteroatoms. The van der Waals surface area contributed by atoms with Crippen molar-refractivity contribution >= 4 is 0 Å². The van der Waals surface area contributed by atoms with Crippen LogP contribution in [0.4, 0.5) is 0 Å². The van der Waals surface area contributed by atoms with E-state index in [9.17, 15) is 0 Å². The molecule has 3 rings (SSSR count). The molecule has 0 spiro atoms. The van der Waals surface area contributed by atoms with E-state index < -0.39 is 0 Å². The van der Waals surface area contributed by atoms with Crippen LogP contribution in [0.2, 0.25) is 0 Å². The Hall–Kier alpha value is -1.55. The second-order valence-corrected chi connectivity index (χ2v) is 4.68. The van der Waals surface area contributed by atoms with Crippen LogP contribution in [0.3, 0.4) is 0 Å².